The molecule has 0 saturated heterocycles. The first-order valence-electron chi connectivity index (χ1n) is 5.75. The summed E-state index contributed by atoms with van der Waals surface area (Å²) in [7, 11) is 1.54. The minimum Gasteiger partial charge on any atom is -0.496 e. The summed E-state index contributed by atoms with van der Waals surface area (Å²) >= 11 is 0. The van der Waals surface area contributed by atoms with Crippen LogP contribution in [0, 0.1) is 0 Å². The smallest absolute Gasteiger partial charge is 0.257 e. The molecule has 0 heterocycles. The maximum absolute atomic E-state index is 12.3. The van der Waals surface area contributed by atoms with Crippen molar-refractivity contribution in [2.45, 2.75) is 26.8 Å². The minimum absolute atomic E-state index is 0.0284. The molecule has 4 heteroatoms. The van der Waals surface area contributed by atoms with Gasteiger partial charge in [-0.05, 0) is 32.9 Å². The molecule has 4 nitrogen and oxygen atoms in total. The fourth-order valence-corrected chi connectivity index (χ4v) is 1.78. The first kappa shape index (κ1) is 13.4. The van der Waals surface area contributed by atoms with E-state index < -0.39 is 0 Å². The Morgan fingerprint density at radius 3 is 2.59 bits per heavy atom. The van der Waals surface area contributed by atoms with E-state index in [1.807, 2.05) is 20.8 Å². The van der Waals surface area contributed by atoms with Gasteiger partial charge in [0.2, 0.25) is 0 Å². The van der Waals surface area contributed by atoms with Crippen LogP contribution < -0.4 is 10.5 Å². The van der Waals surface area contributed by atoms with Gasteiger partial charge in [0.15, 0.2) is 0 Å². The normalized spacial score (nSPS) is 10.4. The van der Waals surface area contributed by atoms with E-state index in [-0.39, 0.29) is 11.9 Å². The van der Waals surface area contributed by atoms with Crippen LogP contribution in [0.3, 0.4) is 0 Å². The Morgan fingerprint density at radius 2 is 2.12 bits per heavy atom. The first-order valence-corrected chi connectivity index (χ1v) is 5.75. The molecule has 0 fully saturated rings. The second kappa shape index (κ2) is 5.57. The molecule has 94 valence electrons. The number of hydrogen-bond donors (Lipinski definition) is 1. The average Bonchev–Trinajstić information content (AvgIpc) is 2.28. The number of methoxy groups -OCH3 is 1. The van der Waals surface area contributed by atoms with Crippen LogP contribution in [-0.4, -0.2) is 30.5 Å². The zero-order chi connectivity index (χ0) is 13.0. The summed E-state index contributed by atoms with van der Waals surface area (Å²) in [4.78, 5) is 14.1. The monoisotopic (exact) mass is 236 g/mol. The molecule has 1 aromatic carbocycles. The lowest BCUT2D eigenvalue weighted by molar-refractivity contribution is 0.0713. The fourth-order valence-electron chi connectivity index (χ4n) is 1.78. The van der Waals surface area contributed by atoms with E-state index in [0.29, 0.717) is 23.5 Å². The van der Waals surface area contributed by atoms with Gasteiger partial charge in [-0.3, -0.25) is 4.79 Å². The van der Waals surface area contributed by atoms with Gasteiger partial charge in [-0.2, -0.15) is 0 Å². The van der Waals surface area contributed by atoms with Crippen LogP contribution in [-0.2, 0) is 0 Å². The summed E-state index contributed by atoms with van der Waals surface area (Å²) in [6, 6.07) is 5.25. The van der Waals surface area contributed by atoms with Crippen molar-refractivity contribution in [2.24, 2.45) is 0 Å². The topological polar surface area (TPSA) is 55.6 Å². The first-order chi connectivity index (χ1) is 8.01. The predicted octanol–water partition coefficient (Wildman–Crippen LogP) is 2.15. The molecule has 0 aliphatic heterocycles. The van der Waals surface area contributed by atoms with Crippen molar-refractivity contribution < 1.29 is 9.53 Å². The Kier molecular flexibility index (Phi) is 4.37. The molecule has 1 aromatic rings. The van der Waals surface area contributed by atoms with Crippen molar-refractivity contribution in [3.05, 3.63) is 23.8 Å². The Labute approximate surface area is 102 Å². The number of nitrogens with two attached hydrogens (primary N) is 1. The molecule has 0 aliphatic rings. The quantitative estimate of drug-likeness (QED) is 0.815. The van der Waals surface area contributed by atoms with Gasteiger partial charge in [-0.25, -0.2) is 0 Å². The van der Waals surface area contributed by atoms with Gasteiger partial charge in [0.25, 0.3) is 5.91 Å². The average molecular weight is 236 g/mol. The number of anilines is 1. The minimum atomic E-state index is -0.0284. The van der Waals surface area contributed by atoms with E-state index in [0.717, 1.165) is 0 Å². The highest BCUT2D eigenvalue weighted by Crippen LogP contribution is 2.23. The number of carbonyl (C=O) groups excluding carboxylic acids is 1. The summed E-state index contributed by atoms with van der Waals surface area (Å²) in [5.41, 5.74) is 6.81. The highest BCUT2D eigenvalue weighted by atomic mass is 16.5. The van der Waals surface area contributed by atoms with Gasteiger partial charge in [-0.15, -0.1) is 0 Å². The second-order valence-electron chi connectivity index (χ2n) is 4.14. The van der Waals surface area contributed by atoms with E-state index >= 15 is 0 Å². The molecule has 1 amide bonds. The van der Waals surface area contributed by atoms with Crippen LogP contribution in [0.1, 0.15) is 31.1 Å². The Hall–Kier alpha value is -1.71. The molecule has 2 N–H and O–H groups in total. The highest BCUT2D eigenvalue weighted by molar-refractivity contribution is 5.97. The van der Waals surface area contributed by atoms with Crippen LogP contribution >= 0.6 is 0 Å². The van der Waals surface area contributed by atoms with Gasteiger partial charge in [-0.1, -0.05) is 0 Å². The number of nitrogen functional groups attached to an aromatic ring is 1. The van der Waals surface area contributed by atoms with Gasteiger partial charge in [0, 0.05) is 24.3 Å². The van der Waals surface area contributed by atoms with Crippen molar-refractivity contribution >= 4 is 11.6 Å². The third-order valence-electron chi connectivity index (χ3n) is 2.68. The molecule has 0 saturated carbocycles. The van der Waals surface area contributed by atoms with Gasteiger partial charge in [0.05, 0.1) is 12.7 Å². The number of amides is 1. The number of nitrogens with zero attached hydrogens (tertiary/aromatic N) is 1. The number of benzene rings is 1. The highest BCUT2D eigenvalue weighted by Gasteiger charge is 2.20. The van der Waals surface area contributed by atoms with Crippen LogP contribution in [0.2, 0.25) is 0 Å². The SMILES string of the molecule is CCN(C(=O)c1ccc(N)cc1OC)C(C)C. The van der Waals surface area contributed by atoms with Gasteiger partial charge < -0.3 is 15.4 Å². The number of carbonyl (C=O) groups is 1. The summed E-state index contributed by atoms with van der Waals surface area (Å²) in [6.45, 7) is 6.61. The van der Waals surface area contributed by atoms with E-state index in [1.165, 1.54) is 7.11 Å². The van der Waals surface area contributed by atoms with Crippen LogP contribution in [0.15, 0.2) is 18.2 Å². The number of hydrogen-bond acceptors (Lipinski definition) is 3. The van der Waals surface area contributed by atoms with E-state index in [2.05, 4.69) is 0 Å². The lowest BCUT2D eigenvalue weighted by atomic mass is 10.1. The molecule has 0 atom stereocenters. The molecule has 0 aliphatic carbocycles. The van der Waals surface area contributed by atoms with Crippen molar-refractivity contribution in [3.8, 4) is 5.75 Å². The Morgan fingerprint density at radius 1 is 1.47 bits per heavy atom. The summed E-state index contributed by atoms with van der Waals surface area (Å²) in [5.74, 6) is 0.494. The summed E-state index contributed by atoms with van der Waals surface area (Å²) in [6.07, 6.45) is 0. The summed E-state index contributed by atoms with van der Waals surface area (Å²) in [5, 5.41) is 0. The Bertz CT molecular complexity index is 402. The molecular weight excluding hydrogens is 216 g/mol. The molecule has 0 aromatic heterocycles. The fraction of sp³-hybridized carbons (Fsp3) is 0.462. The molecule has 0 unspecified atom stereocenters. The number of rotatable bonds is 4. The molecule has 0 radical (unpaired) electrons. The zero-order valence-corrected chi connectivity index (χ0v) is 10.9. The molecule has 17 heavy (non-hydrogen) atoms. The number of ether oxygens (including phenoxy) is 1. The van der Waals surface area contributed by atoms with Gasteiger partial charge in [0.1, 0.15) is 5.75 Å². The second-order valence-corrected chi connectivity index (χ2v) is 4.14. The molecule has 1 rings (SSSR count). The largest absolute Gasteiger partial charge is 0.496 e. The maximum atomic E-state index is 12.3. The lowest BCUT2D eigenvalue weighted by Crippen LogP contribution is -2.36. The van der Waals surface area contributed by atoms with Crippen LogP contribution in [0.4, 0.5) is 5.69 Å². The van der Waals surface area contributed by atoms with Crippen LogP contribution in [0.25, 0.3) is 0 Å². The third kappa shape index (κ3) is 2.90. The van der Waals surface area contributed by atoms with E-state index in [9.17, 15) is 4.79 Å². The maximum Gasteiger partial charge on any atom is 0.257 e. The standard InChI is InChI=1S/C13H20N2O2/c1-5-15(9(2)3)13(16)11-7-6-10(14)8-12(11)17-4/h6-9H,5,14H2,1-4H3. The summed E-state index contributed by atoms with van der Waals surface area (Å²) < 4.78 is 5.19. The van der Waals surface area contributed by atoms with Crippen molar-refractivity contribution in [1.29, 1.82) is 0 Å². The third-order valence-corrected chi connectivity index (χ3v) is 2.68. The van der Waals surface area contributed by atoms with Crippen molar-refractivity contribution in [1.82, 2.24) is 4.90 Å². The van der Waals surface area contributed by atoms with Crippen molar-refractivity contribution in [3.63, 3.8) is 0 Å². The van der Waals surface area contributed by atoms with Gasteiger partial charge >= 0.3 is 0 Å². The lowest BCUT2D eigenvalue weighted by Gasteiger charge is -2.25. The predicted molar refractivity (Wildman–Crippen MR) is 69.3 cm³/mol. The van der Waals surface area contributed by atoms with Crippen molar-refractivity contribution in [2.75, 3.05) is 19.4 Å². The van der Waals surface area contributed by atoms with E-state index in [1.54, 1.807) is 23.1 Å². The molecule has 0 spiro atoms. The molecule has 0 bridgehead atoms. The Balaban J connectivity index is 3.11. The van der Waals surface area contributed by atoms with Crippen LogP contribution in [0.5, 0.6) is 5.75 Å². The molecular formula is C13H20N2O2. The van der Waals surface area contributed by atoms with E-state index in [4.69, 9.17) is 10.5 Å². The zero-order valence-electron chi connectivity index (χ0n) is 10.9.